The summed E-state index contributed by atoms with van der Waals surface area (Å²) in [5.74, 6) is -1.12. The Bertz CT molecular complexity index is 462. The molecule has 0 aliphatic rings. The number of carboxylic acids is 1. The average Bonchev–Trinajstić information content (AvgIpc) is 2.34. The van der Waals surface area contributed by atoms with Crippen LogP contribution >= 0.6 is 0 Å². The Balaban J connectivity index is 3.09. The predicted molar refractivity (Wildman–Crippen MR) is 61.0 cm³/mol. The maximum atomic E-state index is 11.3. The number of rotatable bonds is 4. The Morgan fingerprint density at radius 2 is 2.00 bits per heavy atom. The van der Waals surface area contributed by atoms with E-state index in [-0.39, 0.29) is 0 Å². The zero-order valence-electron chi connectivity index (χ0n) is 9.47. The fourth-order valence-electron chi connectivity index (χ4n) is 1.25. The lowest BCUT2D eigenvalue weighted by Crippen LogP contribution is -2.02. The molecule has 1 N–H and O–H groups in total. The number of hydrogen-bond donors (Lipinski definition) is 1. The lowest BCUT2D eigenvalue weighted by molar-refractivity contribution is -0.131. The Morgan fingerprint density at radius 3 is 2.53 bits per heavy atom. The van der Waals surface area contributed by atoms with Gasteiger partial charge in [0.2, 0.25) is 0 Å². The van der Waals surface area contributed by atoms with E-state index in [0.29, 0.717) is 16.9 Å². The van der Waals surface area contributed by atoms with Crippen molar-refractivity contribution in [2.45, 2.75) is 0 Å². The second-order valence-electron chi connectivity index (χ2n) is 3.12. The van der Waals surface area contributed by atoms with Crippen molar-refractivity contribution >= 4 is 18.0 Å². The normalized spacial score (nSPS) is 10.2. The van der Waals surface area contributed by atoms with E-state index in [2.05, 4.69) is 4.74 Å². The molecule has 0 aliphatic carbocycles. The van der Waals surface area contributed by atoms with Crippen LogP contribution in [-0.2, 0) is 9.53 Å². The summed E-state index contributed by atoms with van der Waals surface area (Å²) in [5, 5.41) is 8.52. The lowest BCUT2D eigenvalue weighted by Gasteiger charge is -2.06. The number of benzene rings is 1. The fourth-order valence-corrected chi connectivity index (χ4v) is 1.25. The van der Waals surface area contributed by atoms with E-state index in [1.54, 1.807) is 6.07 Å². The van der Waals surface area contributed by atoms with Crippen LogP contribution in [0.15, 0.2) is 24.3 Å². The van der Waals surface area contributed by atoms with Crippen molar-refractivity contribution in [1.29, 1.82) is 0 Å². The van der Waals surface area contributed by atoms with Gasteiger partial charge in [-0.15, -0.1) is 0 Å². The van der Waals surface area contributed by atoms with Gasteiger partial charge in [-0.05, 0) is 18.2 Å². The number of esters is 1. The van der Waals surface area contributed by atoms with Gasteiger partial charge in [0.05, 0.1) is 19.8 Å². The highest BCUT2D eigenvalue weighted by Crippen LogP contribution is 2.22. The van der Waals surface area contributed by atoms with Gasteiger partial charge >= 0.3 is 11.9 Å². The molecule has 0 heterocycles. The molecule has 5 nitrogen and oxygen atoms in total. The summed E-state index contributed by atoms with van der Waals surface area (Å²) in [4.78, 5) is 21.7. The first-order chi connectivity index (χ1) is 8.08. The molecule has 0 spiro atoms. The maximum Gasteiger partial charge on any atom is 0.337 e. The SMILES string of the molecule is COC(=O)c1ccc(C=CC(=O)O)c(OC)c1. The van der Waals surface area contributed by atoms with Crippen molar-refractivity contribution in [2.75, 3.05) is 14.2 Å². The van der Waals surface area contributed by atoms with Crippen LogP contribution in [0.1, 0.15) is 15.9 Å². The van der Waals surface area contributed by atoms with Crippen LogP contribution in [0.5, 0.6) is 5.75 Å². The van der Waals surface area contributed by atoms with Gasteiger partial charge in [-0.1, -0.05) is 6.07 Å². The largest absolute Gasteiger partial charge is 0.496 e. The molecule has 0 atom stereocenters. The van der Waals surface area contributed by atoms with Gasteiger partial charge < -0.3 is 14.6 Å². The van der Waals surface area contributed by atoms with Crippen LogP contribution in [0.25, 0.3) is 6.08 Å². The third-order valence-electron chi connectivity index (χ3n) is 2.06. The maximum absolute atomic E-state index is 11.3. The molecule has 0 saturated heterocycles. The highest BCUT2D eigenvalue weighted by molar-refractivity contribution is 5.91. The van der Waals surface area contributed by atoms with Gasteiger partial charge in [0.25, 0.3) is 0 Å². The van der Waals surface area contributed by atoms with Crippen LogP contribution in [0.2, 0.25) is 0 Å². The third-order valence-corrected chi connectivity index (χ3v) is 2.06. The van der Waals surface area contributed by atoms with E-state index in [1.807, 2.05) is 0 Å². The van der Waals surface area contributed by atoms with Crippen molar-refractivity contribution in [3.8, 4) is 5.75 Å². The second-order valence-corrected chi connectivity index (χ2v) is 3.12. The molecular formula is C12H12O5. The molecule has 17 heavy (non-hydrogen) atoms. The van der Waals surface area contributed by atoms with E-state index < -0.39 is 11.9 Å². The van der Waals surface area contributed by atoms with Crippen LogP contribution in [0, 0.1) is 0 Å². The number of carbonyl (C=O) groups is 2. The molecular weight excluding hydrogens is 224 g/mol. The minimum absolute atomic E-state index is 0.344. The summed E-state index contributed by atoms with van der Waals surface area (Å²) >= 11 is 0. The summed E-state index contributed by atoms with van der Waals surface area (Å²) in [5.41, 5.74) is 0.916. The molecule has 1 rings (SSSR count). The van der Waals surface area contributed by atoms with Gasteiger partial charge in [-0.2, -0.15) is 0 Å². The minimum atomic E-state index is -1.05. The second kappa shape index (κ2) is 5.69. The molecule has 0 bridgehead atoms. The monoisotopic (exact) mass is 236 g/mol. The van der Waals surface area contributed by atoms with E-state index >= 15 is 0 Å². The van der Waals surface area contributed by atoms with E-state index in [1.165, 1.54) is 32.4 Å². The van der Waals surface area contributed by atoms with Crippen molar-refractivity contribution in [1.82, 2.24) is 0 Å². The number of methoxy groups -OCH3 is 2. The molecule has 0 amide bonds. The Morgan fingerprint density at radius 1 is 1.29 bits per heavy atom. The summed E-state index contributed by atoms with van der Waals surface area (Å²) in [7, 11) is 2.72. The number of carboxylic acid groups (broad SMARTS) is 1. The summed E-state index contributed by atoms with van der Waals surface area (Å²) in [6.07, 6.45) is 2.39. The first-order valence-corrected chi connectivity index (χ1v) is 4.76. The molecule has 0 unspecified atom stereocenters. The molecule has 1 aromatic rings. The van der Waals surface area contributed by atoms with Crippen molar-refractivity contribution in [2.24, 2.45) is 0 Å². The van der Waals surface area contributed by atoms with Gasteiger partial charge in [0.15, 0.2) is 0 Å². The Hall–Kier alpha value is -2.30. The standard InChI is InChI=1S/C12H12O5/c1-16-10-7-9(12(15)17-2)4-3-8(10)5-6-11(13)14/h3-7H,1-2H3,(H,13,14). The zero-order chi connectivity index (χ0) is 12.8. The fraction of sp³-hybridized carbons (Fsp3) is 0.167. The molecule has 0 aromatic heterocycles. The summed E-state index contributed by atoms with van der Waals surface area (Å²) in [6, 6.07) is 4.62. The molecule has 0 saturated carbocycles. The number of carbonyl (C=O) groups excluding carboxylic acids is 1. The topological polar surface area (TPSA) is 72.8 Å². The van der Waals surface area contributed by atoms with Crippen LogP contribution in [0.4, 0.5) is 0 Å². The Labute approximate surface area is 98.3 Å². The highest BCUT2D eigenvalue weighted by atomic mass is 16.5. The van der Waals surface area contributed by atoms with Crippen molar-refractivity contribution < 1.29 is 24.2 Å². The van der Waals surface area contributed by atoms with Gasteiger partial charge in [-0.3, -0.25) is 0 Å². The zero-order valence-corrected chi connectivity index (χ0v) is 9.47. The molecule has 5 heteroatoms. The highest BCUT2D eigenvalue weighted by Gasteiger charge is 2.08. The molecule has 90 valence electrons. The Kier molecular flexibility index (Phi) is 4.28. The number of aliphatic carboxylic acids is 1. The quantitative estimate of drug-likeness (QED) is 0.634. The lowest BCUT2D eigenvalue weighted by atomic mass is 10.1. The van der Waals surface area contributed by atoms with Gasteiger partial charge in [-0.25, -0.2) is 9.59 Å². The predicted octanol–water partition coefficient (Wildman–Crippen LogP) is 1.58. The minimum Gasteiger partial charge on any atom is -0.496 e. The number of hydrogen-bond acceptors (Lipinski definition) is 4. The summed E-state index contributed by atoms with van der Waals surface area (Å²) in [6.45, 7) is 0. The van der Waals surface area contributed by atoms with Gasteiger partial charge in [0, 0.05) is 11.6 Å². The van der Waals surface area contributed by atoms with E-state index in [4.69, 9.17) is 9.84 Å². The molecule has 0 radical (unpaired) electrons. The van der Waals surface area contributed by atoms with Crippen LogP contribution in [-0.4, -0.2) is 31.3 Å². The molecule has 0 aliphatic heterocycles. The van der Waals surface area contributed by atoms with E-state index in [9.17, 15) is 9.59 Å². The first-order valence-electron chi connectivity index (χ1n) is 4.76. The van der Waals surface area contributed by atoms with E-state index in [0.717, 1.165) is 6.08 Å². The number of ether oxygens (including phenoxy) is 2. The third kappa shape index (κ3) is 3.34. The summed E-state index contributed by atoms with van der Waals surface area (Å²) < 4.78 is 9.63. The average molecular weight is 236 g/mol. The van der Waals surface area contributed by atoms with Crippen LogP contribution in [0.3, 0.4) is 0 Å². The van der Waals surface area contributed by atoms with Gasteiger partial charge in [0.1, 0.15) is 5.75 Å². The van der Waals surface area contributed by atoms with Crippen LogP contribution < -0.4 is 4.74 Å². The molecule has 0 fully saturated rings. The smallest absolute Gasteiger partial charge is 0.337 e. The first kappa shape index (κ1) is 12.8. The molecule has 1 aromatic carbocycles. The van der Waals surface area contributed by atoms with Crippen molar-refractivity contribution in [3.05, 3.63) is 35.4 Å². The van der Waals surface area contributed by atoms with Crippen molar-refractivity contribution in [3.63, 3.8) is 0 Å².